The molecule has 0 aliphatic carbocycles. The molecule has 0 fully saturated rings. The van der Waals surface area contributed by atoms with Crippen molar-refractivity contribution in [2.75, 3.05) is 20.6 Å². The molecule has 0 radical (unpaired) electrons. The van der Waals surface area contributed by atoms with Crippen molar-refractivity contribution >= 4 is 29.1 Å². The van der Waals surface area contributed by atoms with Crippen LogP contribution in [0.4, 0.5) is 0 Å². The lowest BCUT2D eigenvalue weighted by Crippen LogP contribution is -2.44. The highest BCUT2D eigenvalue weighted by molar-refractivity contribution is 6.42. The Morgan fingerprint density at radius 1 is 1.04 bits per heavy atom. The van der Waals surface area contributed by atoms with Crippen LogP contribution in [0.5, 0.6) is 0 Å². The maximum Gasteiger partial charge on any atom is 0.237 e. The lowest BCUT2D eigenvalue weighted by atomic mass is 10.0. The van der Waals surface area contributed by atoms with Gasteiger partial charge in [-0.3, -0.25) is 9.69 Å². The SMILES string of the molecule is CCC[C@@H](C(=O)NCCc1ccc(-c2ccc(Cl)c(Cl)c2)cc1)N(C)C. The van der Waals surface area contributed by atoms with Gasteiger partial charge in [-0.15, -0.1) is 0 Å². The minimum absolute atomic E-state index is 0.0583. The predicted molar refractivity (Wildman–Crippen MR) is 111 cm³/mol. The molecule has 2 aromatic rings. The molecular weight excluding hydrogens is 367 g/mol. The van der Waals surface area contributed by atoms with Crippen LogP contribution in [0.25, 0.3) is 11.1 Å². The molecule has 0 spiro atoms. The highest BCUT2D eigenvalue weighted by Crippen LogP contribution is 2.28. The first kappa shape index (κ1) is 20.8. The van der Waals surface area contributed by atoms with Crippen LogP contribution in [0, 0.1) is 0 Å². The zero-order chi connectivity index (χ0) is 19.1. The standard InChI is InChI=1S/C21H26Cl2N2O/c1-4-5-20(25(2)3)21(26)24-13-12-15-6-8-16(9-7-15)17-10-11-18(22)19(23)14-17/h6-11,14,20H,4-5,12-13H2,1-3H3,(H,24,26)/t20-/m0/s1. The van der Waals surface area contributed by atoms with E-state index in [1.807, 2.05) is 31.1 Å². The third-order valence-electron chi connectivity index (χ3n) is 4.41. The molecule has 2 rings (SSSR count). The van der Waals surface area contributed by atoms with Crippen molar-refractivity contribution in [3.63, 3.8) is 0 Å². The molecule has 26 heavy (non-hydrogen) atoms. The molecule has 3 nitrogen and oxygen atoms in total. The fourth-order valence-electron chi connectivity index (χ4n) is 2.88. The van der Waals surface area contributed by atoms with E-state index in [1.54, 1.807) is 6.07 Å². The highest BCUT2D eigenvalue weighted by Gasteiger charge is 2.18. The fraction of sp³-hybridized carbons (Fsp3) is 0.381. The minimum Gasteiger partial charge on any atom is -0.354 e. The van der Waals surface area contributed by atoms with Gasteiger partial charge < -0.3 is 5.32 Å². The number of carbonyl (C=O) groups is 1. The van der Waals surface area contributed by atoms with Crippen molar-refractivity contribution in [2.45, 2.75) is 32.2 Å². The zero-order valence-corrected chi connectivity index (χ0v) is 17.1. The van der Waals surface area contributed by atoms with Crippen LogP contribution >= 0.6 is 23.2 Å². The number of nitrogens with zero attached hydrogens (tertiary/aromatic N) is 1. The maximum atomic E-state index is 12.3. The second-order valence-electron chi connectivity index (χ2n) is 6.63. The number of halogens is 2. The van der Waals surface area contributed by atoms with Gasteiger partial charge in [0.1, 0.15) is 0 Å². The van der Waals surface area contributed by atoms with Crippen molar-refractivity contribution < 1.29 is 4.79 Å². The topological polar surface area (TPSA) is 32.3 Å². The maximum absolute atomic E-state index is 12.3. The quantitative estimate of drug-likeness (QED) is 0.681. The third kappa shape index (κ3) is 5.73. The van der Waals surface area contributed by atoms with Crippen LogP contribution in [0.3, 0.4) is 0 Å². The fourth-order valence-corrected chi connectivity index (χ4v) is 3.18. The van der Waals surface area contributed by atoms with Gasteiger partial charge in [-0.2, -0.15) is 0 Å². The predicted octanol–water partition coefficient (Wildman–Crippen LogP) is 5.05. The molecule has 0 saturated carbocycles. The van der Waals surface area contributed by atoms with Gasteiger partial charge in [0.2, 0.25) is 5.91 Å². The van der Waals surface area contributed by atoms with Gasteiger partial charge in [0, 0.05) is 6.54 Å². The molecule has 0 unspecified atom stereocenters. The summed E-state index contributed by atoms with van der Waals surface area (Å²) in [5.74, 6) is 0.101. The van der Waals surface area contributed by atoms with E-state index in [-0.39, 0.29) is 11.9 Å². The van der Waals surface area contributed by atoms with Gasteiger partial charge in [0.05, 0.1) is 16.1 Å². The molecule has 0 heterocycles. The number of amides is 1. The molecule has 2 aromatic carbocycles. The Morgan fingerprint density at radius 3 is 2.27 bits per heavy atom. The van der Waals surface area contributed by atoms with Crippen LogP contribution in [0.15, 0.2) is 42.5 Å². The van der Waals surface area contributed by atoms with Gasteiger partial charge in [0.25, 0.3) is 0 Å². The summed E-state index contributed by atoms with van der Waals surface area (Å²) in [5, 5.41) is 4.16. The second-order valence-corrected chi connectivity index (χ2v) is 7.45. The van der Waals surface area contributed by atoms with Crippen LogP contribution in [-0.2, 0) is 11.2 Å². The molecule has 0 aliphatic rings. The lowest BCUT2D eigenvalue weighted by molar-refractivity contribution is -0.125. The molecular formula is C21H26Cl2N2O. The van der Waals surface area contributed by atoms with E-state index in [9.17, 15) is 4.79 Å². The molecule has 0 saturated heterocycles. The first-order valence-corrected chi connectivity index (χ1v) is 9.66. The Labute approximate surface area is 166 Å². The summed E-state index contributed by atoms with van der Waals surface area (Å²) < 4.78 is 0. The summed E-state index contributed by atoms with van der Waals surface area (Å²) in [6.45, 7) is 2.73. The lowest BCUT2D eigenvalue weighted by Gasteiger charge is -2.22. The largest absolute Gasteiger partial charge is 0.354 e. The van der Waals surface area contributed by atoms with Crippen LogP contribution in [-0.4, -0.2) is 37.5 Å². The number of hydrogen-bond donors (Lipinski definition) is 1. The number of carbonyl (C=O) groups excluding carboxylic acids is 1. The summed E-state index contributed by atoms with van der Waals surface area (Å²) in [7, 11) is 3.89. The average molecular weight is 393 g/mol. The van der Waals surface area contributed by atoms with E-state index in [0.717, 1.165) is 30.4 Å². The molecule has 1 atom stereocenters. The molecule has 140 valence electrons. The van der Waals surface area contributed by atoms with Crippen molar-refractivity contribution in [1.82, 2.24) is 10.2 Å². The summed E-state index contributed by atoms with van der Waals surface area (Å²) in [5.41, 5.74) is 3.31. The number of likely N-dealkylation sites (N-methyl/N-ethyl adjacent to an activating group) is 1. The number of rotatable bonds is 8. The number of hydrogen-bond acceptors (Lipinski definition) is 2. The van der Waals surface area contributed by atoms with E-state index in [2.05, 4.69) is 36.5 Å². The summed E-state index contributed by atoms with van der Waals surface area (Å²) in [6.07, 6.45) is 2.67. The van der Waals surface area contributed by atoms with E-state index < -0.39 is 0 Å². The third-order valence-corrected chi connectivity index (χ3v) is 5.15. The van der Waals surface area contributed by atoms with E-state index in [0.29, 0.717) is 16.6 Å². The van der Waals surface area contributed by atoms with E-state index in [1.165, 1.54) is 5.56 Å². The molecule has 1 amide bonds. The zero-order valence-electron chi connectivity index (χ0n) is 15.6. The highest BCUT2D eigenvalue weighted by atomic mass is 35.5. The first-order chi connectivity index (χ1) is 12.4. The Balaban J connectivity index is 1.91. The van der Waals surface area contributed by atoms with Gasteiger partial charge in [0.15, 0.2) is 0 Å². The van der Waals surface area contributed by atoms with E-state index in [4.69, 9.17) is 23.2 Å². The van der Waals surface area contributed by atoms with Gasteiger partial charge in [-0.1, -0.05) is 66.9 Å². The second kappa shape index (κ2) is 9.96. The Bertz CT molecular complexity index is 729. The minimum atomic E-state index is -0.0583. The Kier molecular flexibility index (Phi) is 7.95. The van der Waals surface area contributed by atoms with Gasteiger partial charge in [-0.05, 0) is 55.8 Å². The molecule has 0 bridgehead atoms. The van der Waals surface area contributed by atoms with Crippen molar-refractivity contribution in [3.8, 4) is 11.1 Å². The first-order valence-electron chi connectivity index (χ1n) is 8.91. The smallest absolute Gasteiger partial charge is 0.237 e. The average Bonchev–Trinajstić information content (AvgIpc) is 2.62. The van der Waals surface area contributed by atoms with E-state index >= 15 is 0 Å². The normalized spacial score (nSPS) is 12.2. The molecule has 5 heteroatoms. The van der Waals surface area contributed by atoms with Crippen LogP contribution in [0.2, 0.25) is 10.0 Å². The number of benzene rings is 2. The van der Waals surface area contributed by atoms with Gasteiger partial charge >= 0.3 is 0 Å². The summed E-state index contributed by atoms with van der Waals surface area (Å²) in [6, 6.07) is 13.9. The van der Waals surface area contributed by atoms with Crippen molar-refractivity contribution in [3.05, 3.63) is 58.1 Å². The summed E-state index contributed by atoms with van der Waals surface area (Å²) >= 11 is 12.1. The Morgan fingerprint density at radius 2 is 1.69 bits per heavy atom. The van der Waals surface area contributed by atoms with Crippen LogP contribution in [0.1, 0.15) is 25.3 Å². The summed E-state index contributed by atoms with van der Waals surface area (Å²) in [4.78, 5) is 14.3. The van der Waals surface area contributed by atoms with Crippen molar-refractivity contribution in [2.24, 2.45) is 0 Å². The van der Waals surface area contributed by atoms with Crippen molar-refractivity contribution in [1.29, 1.82) is 0 Å². The Hall–Kier alpha value is -1.55. The molecule has 1 N–H and O–H groups in total. The monoisotopic (exact) mass is 392 g/mol. The van der Waals surface area contributed by atoms with Crippen LogP contribution < -0.4 is 5.32 Å². The molecule has 0 aliphatic heterocycles. The number of nitrogens with one attached hydrogen (secondary N) is 1. The molecule has 0 aromatic heterocycles. The van der Waals surface area contributed by atoms with Gasteiger partial charge in [-0.25, -0.2) is 0 Å².